The van der Waals surface area contributed by atoms with Gasteiger partial charge in [-0.1, -0.05) is 29.3 Å². The van der Waals surface area contributed by atoms with Gasteiger partial charge in [0, 0.05) is 19.7 Å². The van der Waals surface area contributed by atoms with Crippen molar-refractivity contribution in [2.24, 2.45) is 5.14 Å². The predicted molar refractivity (Wildman–Crippen MR) is 82.7 cm³/mol. The van der Waals surface area contributed by atoms with E-state index in [1.54, 1.807) is 18.2 Å². The van der Waals surface area contributed by atoms with Crippen molar-refractivity contribution in [2.75, 3.05) is 26.2 Å². The number of hydrogen-bond donors (Lipinski definition) is 3. The van der Waals surface area contributed by atoms with Crippen LogP contribution in [0.5, 0.6) is 0 Å². The summed E-state index contributed by atoms with van der Waals surface area (Å²) in [5.74, 6) is 0. The monoisotopic (exact) mass is 353 g/mol. The summed E-state index contributed by atoms with van der Waals surface area (Å²) in [7, 11) is -3.82. The van der Waals surface area contributed by atoms with Gasteiger partial charge >= 0.3 is 0 Å². The second kappa shape index (κ2) is 6.78. The molecule has 1 saturated heterocycles. The van der Waals surface area contributed by atoms with Crippen molar-refractivity contribution in [1.29, 1.82) is 0 Å². The number of benzene rings is 1. The normalized spacial score (nSPS) is 23.8. The average molecular weight is 354 g/mol. The summed E-state index contributed by atoms with van der Waals surface area (Å²) in [4.78, 5) is 0. The summed E-state index contributed by atoms with van der Waals surface area (Å²) in [5.41, 5.74) is -0.139. The molecule has 118 valence electrons. The fraction of sp³-hybridized carbons (Fsp3) is 0.500. The smallest absolute Gasteiger partial charge is 0.274 e. The van der Waals surface area contributed by atoms with Crippen LogP contribution in [-0.4, -0.2) is 34.7 Å². The minimum Gasteiger partial charge on any atom is -0.368 e. The Bertz CT molecular complexity index is 602. The van der Waals surface area contributed by atoms with Gasteiger partial charge in [-0.3, -0.25) is 0 Å². The summed E-state index contributed by atoms with van der Waals surface area (Å²) in [6.07, 6.45) is 0.832. The summed E-state index contributed by atoms with van der Waals surface area (Å²) in [5, 5.41) is 9.06. The molecule has 0 bridgehead atoms. The zero-order valence-electron chi connectivity index (χ0n) is 11.2. The lowest BCUT2D eigenvalue weighted by atomic mass is 9.93. The molecule has 1 aliphatic rings. The van der Waals surface area contributed by atoms with E-state index in [0.717, 1.165) is 18.5 Å². The van der Waals surface area contributed by atoms with E-state index in [4.69, 9.17) is 33.1 Å². The van der Waals surface area contributed by atoms with Crippen LogP contribution in [0.25, 0.3) is 0 Å². The number of halogens is 2. The summed E-state index contributed by atoms with van der Waals surface area (Å²) >= 11 is 12.0. The highest BCUT2D eigenvalue weighted by Gasteiger charge is 2.35. The Labute approximate surface area is 134 Å². The van der Waals surface area contributed by atoms with Crippen molar-refractivity contribution in [1.82, 2.24) is 10.0 Å². The molecule has 1 aliphatic heterocycles. The van der Waals surface area contributed by atoms with E-state index in [-0.39, 0.29) is 6.54 Å². The lowest BCUT2D eigenvalue weighted by molar-refractivity contribution is -0.0334. The third-order valence-electron chi connectivity index (χ3n) is 3.29. The minimum atomic E-state index is -3.82. The highest BCUT2D eigenvalue weighted by molar-refractivity contribution is 7.87. The van der Waals surface area contributed by atoms with E-state index in [9.17, 15) is 8.42 Å². The van der Waals surface area contributed by atoms with Crippen LogP contribution in [0.4, 0.5) is 0 Å². The third-order valence-corrected chi connectivity index (χ3v) is 4.58. The van der Waals surface area contributed by atoms with Crippen LogP contribution in [0, 0.1) is 0 Å². The van der Waals surface area contributed by atoms with Crippen molar-refractivity contribution in [3.05, 3.63) is 33.8 Å². The molecule has 9 heteroatoms. The molecule has 6 nitrogen and oxygen atoms in total. The number of nitrogens with one attached hydrogen (secondary N) is 2. The maximum Gasteiger partial charge on any atom is 0.274 e. The molecular formula is C12H17Cl2N3O3S. The number of hydrogen-bond acceptors (Lipinski definition) is 4. The Morgan fingerprint density at radius 3 is 2.81 bits per heavy atom. The van der Waals surface area contributed by atoms with Crippen molar-refractivity contribution < 1.29 is 13.2 Å². The second-order valence-corrected chi connectivity index (χ2v) is 7.06. The number of ether oxygens (including phenoxy) is 1. The first kappa shape index (κ1) is 17.0. The number of nitrogens with two attached hydrogens (primary N) is 1. The molecule has 1 fully saturated rings. The molecule has 1 atom stereocenters. The van der Waals surface area contributed by atoms with Crippen molar-refractivity contribution in [3.8, 4) is 0 Å². The van der Waals surface area contributed by atoms with Gasteiger partial charge in [0.2, 0.25) is 0 Å². The zero-order chi connectivity index (χ0) is 15.5. The molecule has 0 spiro atoms. The second-order valence-electron chi connectivity index (χ2n) is 4.87. The van der Waals surface area contributed by atoms with Crippen LogP contribution >= 0.6 is 23.2 Å². The fourth-order valence-corrected chi connectivity index (χ4v) is 2.94. The molecule has 1 unspecified atom stereocenters. The standard InChI is InChI=1S/C12H17Cl2N3O3S/c13-10-3-2-9(6-11(10)14)12(8-17-21(15,18)19)7-16-4-1-5-20-12/h2-3,6,16-17H,1,4-5,7-8H2,(H2,15,18,19). The van der Waals surface area contributed by atoms with Gasteiger partial charge < -0.3 is 10.1 Å². The van der Waals surface area contributed by atoms with Gasteiger partial charge in [-0.2, -0.15) is 13.1 Å². The largest absolute Gasteiger partial charge is 0.368 e. The van der Waals surface area contributed by atoms with Crippen LogP contribution in [-0.2, 0) is 20.5 Å². The van der Waals surface area contributed by atoms with Crippen LogP contribution in [0.1, 0.15) is 12.0 Å². The first-order chi connectivity index (χ1) is 9.82. The molecule has 0 aromatic heterocycles. The first-order valence-corrected chi connectivity index (χ1v) is 8.70. The Balaban J connectivity index is 2.35. The van der Waals surface area contributed by atoms with Gasteiger partial charge in [-0.05, 0) is 30.7 Å². The topological polar surface area (TPSA) is 93.5 Å². The maximum atomic E-state index is 11.2. The summed E-state index contributed by atoms with van der Waals surface area (Å²) in [6, 6.07) is 5.11. The molecule has 0 aliphatic carbocycles. The van der Waals surface area contributed by atoms with Crippen molar-refractivity contribution in [3.63, 3.8) is 0 Å². The van der Waals surface area contributed by atoms with E-state index >= 15 is 0 Å². The molecule has 0 amide bonds. The first-order valence-electron chi connectivity index (χ1n) is 6.40. The molecule has 4 N–H and O–H groups in total. The van der Waals surface area contributed by atoms with E-state index in [2.05, 4.69) is 10.0 Å². The van der Waals surface area contributed by atoms with Gasteiger partial charge in [0.15, 0.2) is 0 Å². The Morgan fingerprint density at radius 2 is 2.14 bits per heavy atom. The van der Waals surface area contributed by atoms with Crippen LogP contribution in [0.2, 0.25) is 10.0 Å². The minimum absolute atomic E-state index is 0.0107. The van der Waals surface area contributed by atoms with Gasteiger partial charge in [-0.25, -0.2) is 5.14 Å². The van der Waals surface area contributed by atoms with Crippen LogP contribution in [0.3, 0.4) is 0 Å². The maximum absolute atomic E-state index is 11.2. The third kappa shape index (κ3) is 4.53. The highest BCUT2D eigenvalue weighted by atomic mass is 35.5. The molecule has 2 rings (SSSR count). The van der Waals surface area contributed by atoms with E-state index < -0.39 is 15.8 Å². The average Bonchev–Trinajstić information content (AvgIpc) is 2.65. The lowest BCUT2D eigenvalue weighted by Crippen LogP contribution is -2.49. The van der Waals surface area contributed by atoms with E-state index in [1.807, 2.05) is 0 Å². The van der Waals surface area contributed by atoms with Crippen LogP contribution in [0.15, 0.2) is 18.2 Å². The summed E-state index contributed by atoms with van der Waals surface area (Å²) in [6.45, 7) is 1.74. The fourth-order valence-electron chi connectivity index (χ4n) is 2.20. The molecule has 21 heavy (non-hydrogen) atoms. The van der Waals surface area contributed by atoms with Gasteiger partial charge in [0.25, 0.3) is 10.2 Å². The quantitative estimate of drug-likeness (QED) is 0.752. The SMILES string of the molecule is NS(=O)(=O)NCC1(c2ccc(Cl)c(Cl)c2)CNCCCO1. The van der Waals surface area contributed by atoms with Crippen molar-refractivity contribution >= 4 is 33.4 Å². The van der Waals surface area contributed by atoms with Gasteiger partial charge in [0.05, 0.1) is 10.0 Å². The Morgan fingerprint density at radius 1 is 1.38 bits per heavy atom. The molecule has 1 heterocycles. The molecular weight excluding hydrogens is 337 g/mol. The molecule has 0 radical (unpaired) electrons. The highest BCUT2D eigenvalue weighted by Crippen LogP contribution is 2.31. The predicted octanol–water partition coefficient (Wildman–Crippen LogP) is 0.992. The van der Waals surface area contributed by atoms with Crippen molar-refractivity contribution in [2.45, 2.75) is 12.0 Å². The lowest BCUT2D eigenvalue weighted by Gasteiger charge is -2.33. The van der Waals surface area contributed by atoms with Gasteiger partial charge in [0.1, 0.15) is 5.60 Å². The Kier molecular flexibility index (Phi) is 5.48. The number of rotatable bonds is 4. The Hall–Kier alpha value is -0.410. The zero-order valence-corrected chi connectivity index (χ0v) is 13.6. The summed E-state index contributed by atoms with van der Waals surface area (Å²) < 4.78 is 30.6. The van der Waals surface area contributed by atoms with E-state index in [1.165, 1.54) is 0 Å². The van der Waals surface area contributed by atoms with E-state index in [0.29, 0.717) is 23.2 Å². The molecule has 1 aromatic rings. The van der Waals surface area contributed by atoms with Gasteiger partial charge in [-0.15, -0.1) is 0 Å². The molecule has 0 saturated carbocycles. The molecule has 1 aromatic carbocycles. The van der Waals surface area contributed by atoms with Crippen LogP contribution < -0.4 is 15.2 Å².